The lowest BCUT2D eigenvalue weighted by atomic mass is 9.99. The van der Waals surface area contributed by atoms with Gasteiger partial charge in [0, 0.05) is 30.1 Å². The van der Waals surface area contributed by atoms with E-state index in [1.165, 1.54) is 0 Å². The Morgan fingerprint density at radius 3 is 2.73 bits per heavy atom. The molecule has 0 saturated carbocycles. The van der Waals surface area contributed by atoms with Crippen LogP contribution in [-0.2, 0) is 10.0 Å². The highest BCUT2D eigenvalue weighted by molar-refractivity contribution is 7.89. The third-order valence-corrected chi connectivity index (χ3v) is 7.04. The van der Waals surface area contributed by atoms with Crippen molar-refractivity contribution >= 4 is 32.0 Å². The molecule has 8 heteroatoms. The minimum absolute atomic E-state index is 0.244. The fourth-order valence-corrected chi connectivity index (χ4v) is 5.08. The topological polar surface area (TPSA) is 87.3 Å². The van der Waals surface area contributed by atoms with Gasteiger partial charge in [-0.05, 0) is 74.5 Å². The molecule has 2 heterocycles. The molecule has 0 unspecified atom stereocenters. The first-order valence-electron chi connectivity index (χ1n) is 11.1. The number of fused-ring (bicyclic) bond motifs is 3. The summed E-state index contributed by atoms with van der Waals surface area (Å²) in [5, 5.41) is 1.96. The predicted octanol–water partition coefficient (Wildman–Crippen LogP) is 4.32. The number of pyridine rings is 1. The molecule has 4 aromatic rings. The number of benzene rings is 2. The first kappa shape index (κ1) is 23.2. The van der Waals surface area contributed by atoms with Gasteiger partial charge < -0.3 is 14.6 Å². The van der Waals surface area contributed by atoms with E-state index in [2.05, 4.69) is 25.7 Å². The van der Waals surface area contributed by atoms with E-state index in [1.54, 1.807) is 25.1 Å². The first-order valence-corrected chi connectivity index (χ1v) is 12.6. The van der Waals surface area contributed by atoms with Crippen molar-refractivity contribution in [2.75, 3.05) is 33.8 Å². The highest BCUT2D eigenvalue weighted by Gasteiger charge is 2.18. The second kappa shape index (κ2) is 9.51. The summed E-state index contributed by atoms with van der Waals surface area (Å²) in [7, 11) is 0.530. The van der Waals surface area contributed by atoms with Crippen LogP contribution in [0.15, 0.2) is 53.6 Å². The number of hydrogen-bond donors (Lipinski definition) is 2. The number of aromatic amines is 1. The second-order valence-corrected chi connectivity index (χ2v) is 10.2. The van der Waals surface area contributed by atoms with Crippen LogP contribution in [0.5, 0.6) is 5.75 Å². The Hall–Kier alpha value is -2.94. The molecule has 0 fully saturated rings. The van der Waals surface area contributed by atoms with Crippen molar-refractivity contribution < 1.29 is 13.2 Å². The van der Waals surface area contributed by atoms with Crippen LogP contribution in [0.3, 0.4) is 0 Å². The van der Waals surface area contributed by atoms with E-state index in [0.29, 0.717) is 13.2 Å². The molecule has 0 bridgehead atoms. The number of ether oxygens (including phenoxy) is 1. The third-order valence-electron chi connectivity index (χ3n) is 5.50. The summed E-state index contributed by atoms with van der Waals surface area (Å²) in [5.74, 6) is 0.764. The average molecular weight is 467 g/mol. The lowest BCUT2D eigenvalue weighted by Crippen LogP contribution is -2.23. The van der Waals surface area contributed by atoms with E-state index in [4.69, 9.17) is 4.74 Å². The molecule has 0 radical (unpaired) electrons. The van der Waals surface area contributed by atoms with Crippen LogP contribution in [0.1, 0.15) is 18.9 Å². The Balaban J connectivity index is 1.85. The average Bonchev–Trinajstić information content (AvgIpc) is 3.15. The standard InChI is InChI=1S/C25H30N4O3S/c1-5-27-33(30,31)19-9-6-8-18(15-19)20-10-11-22(32-13-7-12-29(3)4)24-23(20)21-14-17(2)16-26-25(21)28-24/h6,8-11,14-16,27H,5,7,12-13H2,1-4H3,(H,26,28). The summed E-state index contributed by atoms with van der Waals surface area (Å²) in [5.41, 5.74) is 4.44. The van der Waals surface area contributed by atoms with Gasteiger partial charge in [-0.2, -0.15) is 0 Å². The molecule has 174 valence electrons. The fraction of sp³-hybridized carbons (Fsp3) is 0.320. The van der Waals surface area contributed by atoms with Crippen molar-refractivity contribution in [3.05, 3.63) is 54.2 Å². The Labute approximate surface area is 194 Å². The second-order valence-electron chi connectivity index (χ2n) is 8.43. The zero-order valence-electron chi connectivity index (χ0n) is 19.5. The van der Waals surface area contributed by atoms with E-state index >= 15 is 0 Å². The molecule has 0 saturated heterocycles. The van der Waals surface area contributed by atoms with Gasteiger partial charge in [0.1, 0.15) is 11.4 Å². The third kappa shape index (κ3) is 4.88. The highest BCUT2D eigenvalue weighted by Crippen LogP contribution is 2.39. The molecular weight excluding hydrogens is 436 g/mol. The van der Waals surface area contributed by atoms with Crippen LogP contribution in [0.2, 0.25) is 0 Å². The van der Waals surface area contributed by atoms with Crippen LogP contribution < -0.4 is 9.46 Å². The molecule has 0 spiro atoms. The molecule has 0 amide bonds. The Bertz CT molecular complexity index is 1390. The van der Waals surface area contributed by atoms with E-state index in [-0.39, 0.29) is 4.90 Å². The summed E-state index contributed by atoms with van der Waals surface area (Å²) >= 11 is 0. The summed E-state index contributed by atoms with van der Waals surface area (Å²) < 4.78 is 33.9. The molecule has 2 aromatic carbocycles. The Kier molecular flexibility index (Phi) is 6.69. The number of nitrogens with one attached hydrogen (secondary N) is 2. The summed E-state index contributed by atoms with van der Waals surface area (Å²) in [6.07, 6.45) is 2.75. The zero-order chi connectivity index (χ0) is 23.6. The number of nitrogens with zero attached hydrogens (tertiary/aromatic N) is 2. The lowest BCUT2D eigenvalue weighted by molar-refractivity contribution is 0.284. The number of aromatic nitrogens is 2. The van der Waals surface area contributed by atoms with E-state index in [0.717, 1.165) is 57.3 Å². The molecular formula is C25H30N4O3S. The van der Waals surface area contributed by atoms with Gasteiger partial charge in [0.2, 0.25) is 10.0 Å². The number of hydrogen-bond acceptors (Lipinski definition) is 5. The van der Waals surface area contributed by atoms with Crippen molar-refractivity contribution in [1.29, 1.82) is 0 Å². The minimum atomic E-state index is -3.56. The smallest absolute Gasteiger partial charge is 0.240 e. The number of H-pyrrole nitrogens is 1. The van der Waals surface area contributed by atoms with Crippen LogP contribution in [0.4, 0.5) is 0 Å². The van der Waals surface area contributed by atoms with Gasteiger partial charge in [-0.15, -0.1) is 0 Å². The molecule has 33 heavy (non-hydrogen) atoms. The molecule has 0 aliphatic heterocycles. The van der Waals surface area contributed by atoms with E-state index < -0.39 is 10.0 Å². The Morgan fingerprint density at radius 2 is 1.97 bits per heavy atom. The van der Waals surface area contributed by atoms with E-state index in [9.17, 15) is 8.42 Å². The van der Waals surface area contributed by atoms with Gasteiger partial charge in [-0.3, -0.25) is 0 Å². The van der Waals surface area contributed by atoms with Crippen LogP contribution >= 0.6 is 0 Å². The zero-order valence-corrected chi connectivity index (χ0v) is 20.3. The first-order chi connectivity index (χ1) is 15.8. The van der Waals surface area contributed by atoms with Crippen molar-refractivity contribution in [3.8, 4) is 16.9 Å². The Morgan fingerprint density at radius 1 is 1.15 bits per heavy atom. The van der Waals surface area contributed by atoms with E-state index in [1.807, 2.05) is 45.4 Å². The van der Waals surface area contributed by atoms with Crippen LogP contribution in [-0.4, -0.2) is 57.1 Å². The van der Waals surface area contributed by atoms with Gasteiger partial charge in [-0.1, -0.05) is 19.1 Å². The number of aryl methyl sites for hydroxylation is 1. The molecule has 0 aliphatic rings. The van der Waals surface area contributed by atoms with Gasteiger partial charge in [0.05, 0.1) is 17.0 Å². The number of sulfonamides is 1. The largest absolute Gasteiger partial charge is 0.491 e. The fourth-order valence-electron chi connectivity index (χ4n) is 3.99. The van der Waals surface area contributed by atoms with Crippen LogP contribution in [0, 0.1) is 6.92 Å². The minimum Gasteiger partial charge on any atom is -0.491 e. The van der Waals surface area contributed by atoms with Gasteiger partial charge in [-0.25, -0.2) is 18.1 Å². The molecule has 2 N–H and O–H groups in total. The molecule has 0 atom stereocenters. The number of rotatable bonds is 9. The molecule has 7 nitrogen and oxygen atoms in total. The van der Waals surface area contributed by atoms with Gasteiger partial charge in [0.15, 0.2) is 0 Å². The molecule has 4 rings (SSSR count). The predicted molar refractivity (Wildman–Crippen MR) is 133 cm³/mol. The molecule has 2 aromatic heterocycles. The summed E-state index contributed by atoms with van der Waals surface area (Å²) in [6, 6.07) is 13.1. The lowest BCUT2D eigenvalue weighted by Gasteiger charge is -2.13. The highest BCUT2D eigenvalue weighted by atomic mass is 32.2. The maximum absolute atomic E-state index is 12.6. The molecule has 0 aliphatic carbocycles. The monoisotopic (exact) mass is 466 g/mol. The SMILES string of the molecule is CCNS(=O)(=O)c1cccc(-c2ccc(OCCCN(C)C)c3[nH]c4ncc(C)cc4c23)c1. The quantitative estimate of drug-likeness (QED) is 0.359. The summed E-state index contributed by atoms with van der Waals surface area (Å²) in [4.78, 5) is 10.4. The van der Waals surface area contributed by atoms with Crippen LogP contribution in [0.25, 0.3) is 33.1 Å². The van der Waals surface area contributed by atoms with Gasteiger partial charge >= 0.3 is 0 Å². The van der Waals surface area contributed by atoms with Crippen molar-refractivity contribution in [2.24, 2.45) is 0 Å². The van der Waals surface area contributed by atoms with Crippen molar-refractivity contribution in [3.63, 3.8) is 0 Å². The maximum atomic E-state index is 12.6. The van der Waals surface area contributed by atoms with Crippen molar-refractivity contribution in [2.45, 2.75) is 25.2 Å². The maximum Gasteiger partial charge on any atom is 0.240 e. The van der Waals surface area contributed by atoms with Gasteiger partial charge in [0.25, 0.3) is 0 Å². The van der Waals surface area contributed by atoms with Crippen molar-refractivity contribution in [1.82, 2.24) is 19.6 Å². The summed E-state index contributed by atoms with van der Waals surface area (Å²) in [6.45, 7) is 5.66. The normalized spacial score (nSPS) is 12.2.